The second kappa shape index (κ2) is 6.68. The van der Waals surface area contributed by atoms with Crippen LogP contribution in [-0.2, 0) is 14.6 Å². The summed E-state index contributed by atoms with van der Waals surface area (Å²) in [5.41, 5.74) is 4.92. The third-order valence-corrected chi connectivity index (χ3v) is 4.48. The van der Waals surface area contributed by atoms with Crippen molar-refractivity contribution in [2.75, 3.05) is 37.7 Å². The summed E-state index contributed by atoms with van der Waals surface area (Å²) in [7, 11) is -3.28. The Morgan fingerprint density at radius 1 is 1.50 bits per heavy atom. The number of carbonyl (C=O) groups is 1. The molecule has 1 saturated heterocycles. The van der Waals surface area contributed by atoms with Gasteiger partial charge in [0.2, 0.25) is 5.91 Å². The molecule has 3 N–H and O–H groups in total. The summed E-state index contributed by atoms with van der Waals surface area (Å²) in [5.74, 6) is -0.875. The van der Waals surface area contributed by atoms with E-state index in [2.05, 4.69) is 11.4 Å². The predicted molar refractivity (Wildman–Crippen MR) is 66.3 cm³/mol. The SMILES string of the molecule is N#CC1CNCCN1CCS(=O)(=O)CCC(N)=O. The maximum absolute atomic E-state index is 11.6. The van der Waals surface area contributed by atoms with Crippen LogP contribution in [0.1, 0.15) is 6.42 Å². The molecule has 0 radical (unpaired) electrons. The first-order valence-corrected chi connectivity index (χ1v) is 7.60. The number of nitrogens with two attached hydrogens (primary N) is 1. The highest BCUT2D eigenvalue weighted by molar-refractivity contribution is 7.91. The number of nitrogens with one attached hydrogen (secondary N) is 1. The lowest BCUT2D eigenvalue weighted by Crippen LogP contribution is -2.51. The highest BCUT2D eigenvalue weighted by atomic mass is 32.2. The van der Waals surface area contributed by atoms with E-state index in [4.69, 9.17) is 11.0 Å². The number of hydrogen-bond donors (Lipinski definition) is 2. The second-order valence-corrected chi connectivity index (χ2v) is 6.56. The molecule has 0 saturated carbocycles. The molecule has 0 aromatic carbocycles. The van der Waals surface area contributed by atoms with E-state index in [0.29, 0.717) is 19.6 Å². The van der Waals surface area contributed by atoms with Crippen LogP contribution >= 0.6 is 0 Å². The zero-order chi connectivity index (χ0) is 13.6. The van der Waals surface area contributed by atoms with Gasteiger partial charge in [-0.15, -0.1) is 0 Å². The standard InChI is InChI=1S/C10H18N4O3S/c11-7-9-8-13-2-3-14(9)4-6-18(16,17)5-1-10(12)15/h9,13H,1-6,8H2,(H2,12,15). The number of sulfone groups is 1. The van der Waals surface area contributed by atoms with Crippen LogP contribution in [0.2, 0.25) is 0 Å². The van der Waals surface area contributed by atoms with Crippen LogP contribution < -0.4 is 11.1 Å². The average molecular weight is 274 g/mol. The minimum atomic E-state index is -3.28. The van der Waals surface area contributed by atoms with Crippen LogP contribution in [0.25, 0.3) is 0 Å². The summed E-state index contributed by atoms with van der Waals surface area (Å²) in [5, 5.41) is 12.0. The summed E-state index contributed by atoms with van der Waals surface area (Å²) in [6.07, 6.45) is -0.147. The van der Waals surface area contributed by atoms with Crippen LogP contribution in [0.15, 0.2) is 0 Å². The normalized spacial score (nSPS) is 21.4. The molecule has 1 atom stereocenters. The van der Waals surface area contributed by atoms with Gasteiger partial charge in [0.15, 0.2) is 9.84 Å². The Kier molecular flexibility index (Phi) is 5.53. The van der Waals surface area contributed by atoms with E-state index in [-0.39, 0.29) is 24.0 Å². The fraction of sp³-hybridized carbons (Fsp3) is 0.800. The van der Waals surface area contributed by atoms with E-state index in [1.807, 2.05) is 4.90 Å². The van der Waals surface area contributed by atoms with Gasteiger partial charge in [0.25, 0.3) is 0 Å². The smallest absolute Gasteiger partial charge is 0.218 e. The minimum absolute atomic E-state index is 0.0432. The van der Waals surface area contributed by atoms with Crippen molar-refractivity contribution in [3.05, 3.63) is 0 Å². The number of nitrogens with zero attached hydrogens (tertiary/aromatic N) is 2. The molecule has 18 heavy (non-hydrogen) atoms. The zero-order valence-electron chi connectivity index (χ0n) is 10.1. The zero-order valence-corrected chi connectivity index (χ0v) is 10.9. The van der Waals surface area contributed by atoms with Gasteiger partial charge in [0.05, 0.1) is 17.6 Å². The fourth-order valence-electron chi connectivity index (χ4n) is 1.76. The molecule has 1 amide bonds. The van der Waals surface area contributed by atoms with E-state index in [0.717, 1.165) is 6.54 Å². The molecule has 0 aromatic heterocycles. The van der Waals surface area contributed by atoms with Gasteiger partial charge >= 0.3 is 0 Å². The molecule has 1 heterocycles. The summed E-state index contributed by atoms with van der Waals surface area (Å²) < 4.78 is 23.3. The molecule has 8 heteroatoms. The Morgan fingerprint density at radius 3 is 2.83 bits per heavy atom. The van der Waals surface area contributed by atoms with Gasteiger partial charge < -0.3 is 11.1 Å². The monoisotopic (exact) mass is 274 g/mol. The van der Waals surface area contributed by atoms with Gasteiger partial charge in [-0.2, -0.15) is 5.26 Å². The van der Waals surface area contributed by atoms with Gasteiger partial charge in [0.1, 0.15) is 6.04 Å². The average Bonchev–Trinajstić information content (AvgIpc) is 2.34. The van der Waals surface area contributed by atoms with Crippen molar-refractivity contribution in [1.29, 1.82) is 5.26 Å². The predicted octanol–water partition coefficient (Wildman–Crippen LogP) is -1.93. The van der Waals surface area contributed by atoms with E-state index in [9.17, 15) is 13.2 Å². The van der Waals surface area contributed by atoms with Crippen LogP contribution in [-0.4, -0.2) is 63.0 Å². The van der Waals surface area contributed by atoms with Crippen molar-refractivity contribution in [3.8, 4) is 6.07 Å². The number of primary amides is 1. The summed E-state index contributed by atoms with van der Waals surface area (Å²) in [4.78, 5) is 12.4. The van der Waals surface area contributed by atoms with Crippen molar-refractivity contribution >= 4 is 15.7 Å². The first kappa shape index (κ1) is 14.9. The Hall–Kier alpha value is -1.17. The molecule has 1 aliphatic heterocycles. The second-order valence-electron chi connectivity index (χ2n) is 4.25. The highest BCUT2D eigenvalue weighted by Gasteiger charge is 2.23. The van der Waals surface area contributed by atoms with Crippen molar-refractivity contribution in [2.24, 2.45) is 5.73 Å². The third kappa shape index (κ3) is 5.00. The molecule has 0 bridgehead atoms. The molecule has 0 aliphatic carbocycles. The molecule has 0 spiro atoms. The van der Waals surface area contributed by atoms with Crippen molar-refractivity contribution in [1.82, 2.24) is 10.2 Å². The number of hydrogen-bond acceptors (Lipinski definition) is 6. The van der Waals surface area contributed by atoms with Gasteiger partial charge in [-0.05, 0) is 0 Å². The lowest BCUT2D eigenvalue weighted by atomic mass is 10.2. The molecule has 1 fully saturated rings. The van der Waals surface area contributed by atoms with Gasteiger partial charge in [-0.3, -0.25) is 9.69 Å². The summed E-state index contributed by atoms with van der Waals surface area (Å²) >= 11 is 0. The Morgan fingerprint density at radius 2 is 2.22 bits per heavy atom. The van der Waals surface area contributed by atoms with Crippen LogP contribution in [0.5, 0.6) is 0 Å². The van der Waals surface area contributed by atoms with Gasteiger partial charge in [-0.25, -0.2) is 8.42 Å². The van der Waals surface area contributed by atoms with E-state index < -0.39 is 15.7 Å². The first-order valence-electron chi connectivity index (χ1n) is 5.78. The van der Waals surface area contributed by atoms with E-state index >= 15 is 0 Å². The number of carbonyl (C=O) groups excluding carboxylic acids is 1. The molecule has 1 rings (SSSR count). The number of nitriles is 1. The molecule has 1 unspecified atom stereocenters. The Balaban J connectivity index is 2.43. The fourth-order valence-corrected chi connectivity index (χ4v) is 2.98. The minimum Gasteiger partial charge on any atom is -0.370 e. The lowest BCUT2D eigenvalue weighted by Gasteiger charge is -2.31. The van der Waals surface area contributed by atoms with E-state index in [1.54, 1.807) is 0 Å². The maximum Gasteiger partial charge on any atom is 0.218 e. The molecule has 102 valence electrons. The Bertz CT molecular complexity index is 429. The summed E-state index contributed by atoms with van der Waals surface area (Å²) in [6, 6.07) is 1.85. The largest absolute Gasteiger partial charge is 0.370 e. The molecule has 7 nitrogen and oxygen atoms in total. The quantitative estimate of drug-likeness (QED) is 0.583. The number of rotatable bonds is 6. The number of amides is 1. The maximum atomic E-state index is 11.6. The van der Waals surface area contributed by atoms with Crippen LogP contribution in [0, 0.1) is 11.3 Å². The number of piperazine rings is 1. The van der Waals surface area contributed by atoms with Crippen molar-refractivity contribution in [3.63, 3.8) is 0 Å². The molecule has 1 aliphatic rings. The topological polar surface area (TPSA) is 116 Å². The Labute approximate surface area is 107 Å². The highest BCUT2D eigenvalue weighted by Crippen LogP contribution is 2.04. The third-order valence-electron chi connectivity index (χ3n) is 2.85. The first-order chi connectivity index (χ1) is 8.44. The van der Waals surface area contributed by atoms with E-state index in [1.165, 1.54) is 0 Å². The molecule has 0 aromatic rings. The van der Waals surface area contributed by atoms with Gasteiger partial charge in [-0.1, -0.05) is 0 Å². The molecular weight excluding hydrogens is 256 g/mol. The molecular formula is C10H18N4O3S. The van der Waals surface area contributed by atoms with Gasteiger partial charge in [0, 0.05) is 32.6 Å². The van der Waals surface area contributed by atoms with Crippen LogP contribution in [0.3, 0.4) is 0 Å². The van der Waals surface area contributed by atoms with Crippen LogP contribution in [0.4, 0.5) is 0 Å². The lowest BCUT2D eigenvalue weighted by molar-refractivity contribution is -0.117. The van der Waals surface area contributed by atoms with Crippen molar-refractivity contribution in [2.45, 2.75) is 12.5 Å². The summed E-state index contributed by atoms with van der Waals surface area (Å²) in [6.45, 7) is 2.28. The van der Waals surface area contributed by atoms with Crippen molar-refractivity contribution < 1.29 is 13.2 Å².